The number of furan rings is 2. The molecule has 17 aromatic rings. The van der Waals surface area contributed by atoms with Gasteiger partial charge >= 0.3 is 0 Å². The fourth-order valence-electron chi connectivity index (χ4n) is 13.0. The van der Waals surface area contributed by atoms with E-state index in [4.69, 9.17) is 13.7 Å². The van der Waals surface area contributed by atoms with Crippen LogP contribution in [0.3, 0.4) is 0 Å². The quantitative estimate of drug-likeness (QED) is 0.165. The molecule has 0 saturated heterocycles. The molecule has 0 fully saturated rings. The van der Waals surface area contributed by atoms with Gasteiger partial charge in [-0.15, -0.1) is 0 Å². The summed E-state index contributed by atoms with van der Waals surface area (Å²) in [6.45, 7) is 9.88. The van der Waals surface area contributed by atoms with Crippen LogP contribution in [0.4, 0.5) is 5.69 Å². The summed E-state index contributed by atoms with van der Waals surface area (Å²) in [5.74, 6) is 0. The number of fused-ring (bicyclic) bond motifs is 20. The first-order chi connectivity index (χ1) is 37.7. The maximum absolute atomic E-state index is 12.7. The summed E-state index contributed by atoms with van der Waals surface area (Å²) >= 11 is 0. The number of nitrogens with zero attached hydrogens (tertiary/aromatic N) is 6. The van der Waals surface area contributed by atoms with Gasteiger partial charge in [-0.05, 0) is 60.7 Å². The van der Waals surface area contributed by atoms with Crippen molar-refractivity contribution in [1.29, 1.82) is 5.26 Å². The second kappa shape index (κ2) is 14.9. The van der Waals surface area contributed by atoms with Crippen molar-refractivity contribution < 1.29 is 8.83 Å². The van der Waals surface area contributed by atoms with Gasteiger partial charge in [0, 0.05) is 64.6 Å². The van der Waals surface area contributed by atoms with Crippen LogP contribution >= 0.6 is 0 Å². The summed E-state index contributed by atoms with van der Waals surface area (Å²) in [6, 6.07) is 78.4. The van der Waals surface area contributed by atoms with Gasteiger partial charge in [0.05, 0.1) is 79.0 Å². The predicted molar refractivity (Wildman–Crippen MR) is 309 cm³/mol. The summed E-state index contributed by atoms with van der Waals surface area (Å²) in [6.07, 6.45) is 0. The van der Waals surface area contributed by atoms with Crippen molar-refractivity contribution in [2.75, 3.05) is 0 Å². The number of hydrogen-bond acceptors (Lipinski definition) is 3. The van der Waals surface area contributed by atoms with E-state index in [1.165, 1.54) is 0 Å². The van der Waals surface area contributed by atoms with Crippen molar-refractivity contribution in [1.82, 2.24) is 18.3 Å². The van der Waals surface area contributed by atoms with E-state index in [0.717, 1.165) is 120 Å². The predicted octanol–water partition coefficient (Wildman–Crippen LogP) is 18.3. The molecule has 0 amide bonds. The molecule has 6 heterocycles. The van der Waals surface area contributed by atoms with E-state index >= 15 is 0 Å². The fraction of sp³-hybridized carbons (Fsp3) is 0. The van der Waals surface area contributed by atoms with Crippen LogP contribution < -0.4 is 0 Å². The number of hydrogen-bond donors (Lipinski definition) is 0. The number of aromatic nitrogens is 4. The van der Waals surface area contributed by atoms with Gasteiger partial charge in [0.25, 0.3) is 0 Å². The van der Waals surface area contributed by atoms with E-state index in [0.29, 0.717) is 45.2 Å². The first-order valence-electron chi connectivity index (χ1n) is 25.4. The molecule has 0 bridgehead atoms. The van der Waals surface area contributed by atoms with Crippen molar-refractivity contribution in [2.45, 2.75) is 0 Å². The minimum atomic E-state index is 0.293. The largest absolute Gasteiger partial charge is 0.454 e. The minimum Gasteiger partial charge on any atom is -0.454 e. The van der Waals surface area contributed by atoms with Gasteiger partial charge in [-0.3, -0.25) is 0 Å². The molecule has 0 spiro atoms. The van der Waals surface area contributed by atoms with Crippen molar-refractivity contribution >= 4 is 137 Å². The van der Waals surface area contributed by atoms with E-state index in [1.54, 1.807) is 0 Å². The zero-order valence-corrected chi connectivity index (χ0v) is 40.3. The van der Waals surface area contributed by atoms with Crippen molar-refractivity contribution in [3.8, 4) is 28.8 Å². The average molecular weight is 969 g/mol. The van der Waals surface area contributed by atoms with Crippen molar-refractivity contribution in [2.24, 2.45) is 0 Å². The highest BCUT2D eigenvalue weighted by atomic mass is 16.3. The van der Waals surface area contributed by atoms with Gasteiger partial charge in [0.15, 0.2) is 11.2 Å². The molecule has 0 radical (unpaired) electrons. The molecule has 0 aliphatic rings. The lowest BCUT2D eigenvalue weighted by atomic mass is 10.0. The molecule has 8 nitrogen and oxygen atoms in total. The number of rotatable bonds is 4. The molecule has 11 aromatic carbocycles. The summed E-state index contributed by atoms with van der Waals surface area (Å²) in [7, 11) is 0. The maximum Gasteiger partial charge on any atom is 0.237 e. The average Bonchev–Trinajstić information content (AvgIpc) is 4.35. The van der Waals surface area contributed by atoms with E-state index in [1.807, 2.05) is 48.5 Å². The number of benzene rings is 11. The van der Waals surface area contributed by atoms with E-state index in [2.05, 4.69) is 194 Å². The lowest BCUT2D eigenvalue weighted by Crippen LogP contribution is -2.14. The Morgan fingerprint density at radius 2 is 0.632 bits per heavy atom. The van der Waals surface area contributed by atoms with Crippen LogP contribution in [0.2, 0.25) is 0 Å². The Kier molecular flexibility index (Phi) is 7.99. The fourth-order valence-corrected chi connectivity index (χ4v) is 13.0. The van der Waals surface area contributed by atoms with E-state index in [9.17, 15) is 11.8 Å². The maximum atomic E-state index is 12.7. The molecule has 0 unspecified atom stereocenters. The zero-order chi connectivity index (χ0) is 49.9. The Labute approximate surface area is 431 Å². The molecule has 6 aromatic heterocycles. The molecular weight excluding hydrogens is 933 g/mol. The lowest BCUT2D eigenvalue weighted by molar-refractivity contribution is 0.670. The van der Waals surface area contributed by atoms with Gasteiger partial charge in [-0.2, -0.15) is 5.26 Å². The third kappa shape index (κ3) is 5.09. The van der Waals surface area contributed by atoms with Crippen molar-refractivity contribution in [3.05, 3.63) is 235 Å². The third-order valence-electron chi connectivity index (χ3n) is 16.0. The molecule has 0 N–H and O–H groups in total. The van der Waals surface area contributed by atoms with Crippen LogP contribution in [0.15, 0.2) is 227 Å². The normalized spacial score (nSPS) is 12.2. The topological polar surface area (TPSA) is 74.2 Å². The Balaban J connectivity index is 1.22. The van der Waals surface area contributed by atoms with Crippen LogP contribution in [0.5, 0.6) is 0 Å². The lowest BCUT2D eigenvalue weighted by Gasteiger charge is -2.27. The second-order valence-corrected chi connectivity index (χ2v) is 19.7. The second-order valence-electron chi connectivity index (χ2n) is 19.7. The highest BCUT2D eigenvalue weighted by molar-refractivity contribution is 6.25. The molecule has 350 valence electrons. The Morgan fingerprint density at radius 3 is 1.03 bits per heavy atom. The Bertz CT molecular complexity index is 5260. The van der Waals surface area contributed by atoms with Crippen LogP contribution in [0.25, 0.3) is 159 Å². The van der Waals surface area contributed by atoms with E-state index in [-0.39, 0.29) is 0 Å². The van der Waals surface area contributed by atoms with E-state index < -0.39 is 0 Å². The first-order valence-corrected chi connectivity index (χ1v) is 25.4. The smallest absolute Gasteiger partial charge is 0.237 e. The van der Waals surface area contributed by atoms with Gasteiger partial charge in [0.2, 0.25) is 5.69 Å². The van der Waals surface area contributed by atoms with Gasteiger partial charge in [-0.25, -0.2) is 4.85 Å². The summed E-state index contributed by atoms with van der Waals surface area (Å²) in [4.78, 5) is 4.80. The Morgan fingerprint density at radius 1 is 0.316 bits per heavy atom. The molecule has 76 heavy (non-hydrogen) atoms. The molecular formula is C68H36N6O2. The summed E-state index contributed by atoms with van der Waals surface area (Å²) in [5.41, 5.74) is 12.8. The zero-order valence-electron chi connectivity index (χ0n) is 40.3. The standard InChI is InChI=1S/C68H36N6O2/c1-70-60-61(73-56-30-14-6-22-43(56)47-34-36-49-45-24-8-16-32-58(45)75-67(49)63(47)73)51(38-69)62(71-52-26-10-2-18-39(52)40-19-3-11-27-53(40)71)66(65(60)72-54-28-12-4-20-41(54)42-21-5-13-29-55(42)72)74-57-31-15-7-23-44(57)48-35-37-50-46-25-9-17-33-59(46)76-68(50)64(48)74/h2-37H. The molecule has 0 aliphatic carbocycles. The van der Waals surface area contributed by atoms with Crippen LogP contribution in [-0.2, 0) is 0 Å². The molecule has 8 heteroatoms. The highest BCUT2D eigenvalue weighted by Crippen LogP contribution is 2.53. The molecule has 0 aliphatic heterocycles. The van der Waals surface area contributed by atoms with Crippen LogP contribution in [0.1, 0.15) is 5.56 Å². The first kappa shape index (κ1) is 40.8. The van der Waals surface area contributed by atoms with Crippen LogP contribution in [-0.4, -0.2) is 18.3 Å². The van der Waals surface area contributed by atoms with Crippen LogP contribution in [0, 0.1) is 17.9 Å². The monoisotopic (exact) mass is 968 g/mol. The van der Waals surface area contributed by atoms with Gasteiger partial charge in [0.1, 0.15) is 17.2 Å². The minimum absolute atomic E-state index is 0.293. The highest BCUT2D eigenvalue weighted by Gasteiger charge is 2.36. The Hall–Kier alpha value is -10.8. The molecule has 17 rings (SSSR count). The number of para-hydroxylation sites is 8. The SMILES string of the molecule is [C-]#[N+]c1c(-n2c3ccccc3c3ccccc32)c(-n2c3ccccc3c3ccc4c5ccccc5oc4c32)c(-n2c3ccccc3c3ccccc32)c(C#N)c1-n1c2ccccc2c2ccc3c4ccccc4oc3c21. The molecule has 0 atom stereocenters. The van der Waals surface area contributed by atoms with Crippen molar-refractivity contribution in [3.63, 3.8) is 0 Å². The summed E-state index contributed by atoms with van der Waals surface area (Å²) < 4.78 is 23.1. The number of nitriles is 1. The molecule has 0 saturated carbocycles. The van der Waals surface area contributed by atoms with Gasteiger partial charge in [-0.1, -0.05) is 158 Å². The third-order valence-corrected chi connectivity index (χ3v) is 16.0. The summed E-state index contributed by atoms with van der Waals surface area (Å²) in [5, 5.41) is 24.6. The van der Waals surface area contributed by atoms with Gasteiger partial charge < -0.3 is 27.1 Å².